The summed E-state index contributed by atoms with van der Waals surface area (Å²) < 4.78 is 5.37. The van der Waals surface area contributed by atoms with Crippen LogP contribution < -0.4 is 4.90 Å². The summed E-state index contributed by atoms with van der Waals surface area (Å²) in [6, 6.07) is 5.90. The highest BCUT2D eigenvalue weighted by Gasteiger charge is 2.18. The van der Waals surface area contributed by atoms with Crippen LogP contribution in [0.1, 0.15) is 12.7 Å². The van der Waals surface area contributed by atoms with Gasteiger partial charge in [0.2, 0.25) is 0 Å². The van der Waals surface area contributed by atoms with Crippen molar-refractivity contribution in [2.24, 2.45) is 0 Å². The van der Waals surface area contributed by atoms with Crippen LogP contribution >= 0.6 is 11.8 Å². The van der Waals surface area contributed by atoms with Gasteiger partial charge in [-0.1, -0.05) is 17.3 Å². The van der Waals surface area contributed by atoms with E-state index in [0.29, 0.717) is 0 Å². The van der Waals surface area contributed by atoms with E-state index in [1.807, 2.05) is 30.7 Å². The van der Waals surface area contributed by atoms with Gasteiger partial charge in [0.1, 0.15) is 11.6 Å². The maximum Gasteiger partial charge on any atom is 0.189 e. The molecule has 5 nitrogen and oxygen atoms in total. The van der Waals surface area contributed by atoms with E-state index in [1.54, 1.807) is 18.0 Å². The van der Waals surface area contributed by atoms with E-state index in [-0.39, 0.29) is 0 Å². The minimum absolute atomic E-state index is 0.835. The van der Waals surface area contributed by atoms with Crippen molar-refractivity contribution in [3.63, 3.8) is 0 Å². The molecule has 2 aromatic rings. The summed E-state index contributed by atoms with van der Waals surface area (Å²) >= 11 is 1.58. The van der Waals surface area contributed by atoms with E-state index in [9.17, 15) is 0 Å². The predicted octanol–water partition coefficient (Wildman–Crippen LogP) is 3.02. The smallest absolute Gasteiger partial charge is 0.189 e. The summed E-state index contributed by atoms with van der Waals surface area (Å²) in [6.07, 6.45) is 7.67. The van der Waals surface area contributed by atoms with Crippen LogP contribution in [0.5, 0.6) is 0 Å². The Bertz CT molecular complexity index is 648. The summed E-state index contributed by atoms with van der Waals surface area (Å²) in [4.78, 5) is 13.6. The molecule has 0 spiro atoms. The molecule has 1 fully saturated rings. The third-order valence-corrected chi connectivity index (χ3v) is 4.46. The summed E-state index contributed by atoms with van der Waals surface area (Å²) in [5.41, 5.74) is 1.32. The third kappa shape index (κ3) is 4.36. The molecule has 122 valence electrons. The molecule has 0 radical (unpaired) electrons. The van der Waals surface area contributed by atoms with Crippen molar-refractivity contribution >= 4 is 23.7 Å². The molecule has 3 heterocycles. The molecule has 1 aliphatic heterocycles. The van der Waals surface area contributed by atoms with Crippen LogP contribution in [0.15, 0.2) is 45.8 Å². The summed E-state index contributed by atoms with van der Waals surface area (Å²) in [7, 11) is 0. The van der Waals surface area contributed by atoms with E-state index < -0.39 is 0 Å². The first-order chi connectivity index (χ1) is 11.2. The summed E-state index contributed by atoms with van der Waals surface area (Å²) in [5, 5.41) is 0.835. The Labute approximate surface area is 141 Å². The molecule has 2 aromatic heterocycles. The number of furan rings is 1. The number of aromatic nitrogens is 2. The first-order valence-electron chi connectivity index (χ1n) is 7.79. The number of hydrogen-bond acceptors (Lipinski definition) is 6. The van der Waals surface area contributed by atoms with Crippen LogP contribution in [0.3, 0.4) is 0 Å². The van der Waals surface area contributed by atoms with Crippen LogP contribution in [-0.4, -0.2) is 53.8 Å². The van der Waals surface area contributed by atoms with Crippen LogP contribution in [0, 0.1) is 0 Å². The van der Waals surface area contributed by atoms with Crippen LogP contribution in [-0.2, 0) is 0 Å². The molecule has 0 amide bonds. The van der Waals surface area contributed by atoms with Crippen molar-refractivity contribution in [1.82, 2.24) is 14.9 Å². The van der Waals surface area contributed by atoms with Gasteiger partial charge in [-0.2, -0.15) is 0 Å². The highest BCUT2D eigenvalue weighted by atomic mass is 32.2. The average Bonchev–Trinajstić information content (AvgIpc) is 3.08. The lowest BCUT2D eigenvalue weighted by Crippen LogP contribution is -2.47. The Hall–Kier alpha value is -1.79. The molecular weight excluding hydrogens is 308 g/mol. The van der Waals surface area contributed by atoms with Crippen LogP contribution in [0.2, 0.25) is 0 Å². The fourth-order valence-electron chi connectivity index (χ4n) is 2.76. The van der Waals surface area contributed by atoms with Gasteiger partial charge < -0.3 is 9.32 Å². The Morgan fingerprint density at radius 3 is 2.83 bits per heavy atom. The average molecular weight is 330 g/mol. The Balaban J connectivity index is 1.54. The van der Waals surface area contributed by atoms with E-state index >= 15 is 0 Å². The minimum atomic E-state index is 0.835. The van der Waals surface area contributed by atoms with Gasteiger partial charge >= 0.3 is 0 Å². The van der Waals surface area contributed by atoms with Gasteiger partial charge in [-0.15, -0.1) is 0 Å². The van der Waals surface area contributed by atoms with Crippen molar-refractivity contribution < 1.29 is 4.42 Å². The van der Waals surface area contributed by atoms with E-state index in [1.165, 1.54) is 5.57 Å². The van der Waals surface area contributed by atoms with E-state index in [4.69, 9.17) is 4.42 Å². The SMILES string of the molecule is CSc1nccc(N2CCN(C/C(C)=C/c3ccco3)CC2)n1. The topological polar surface area (TPSA) is 45.4 Å². The number of hydrogen-bond donors (Lipinski definition) is 0. The predicted molar refractivity (Wildman–Crippen MR) is 94.8 cm³/mol. The van der Waals surface area contributed by atoms with E-state index in [2.05, 4.69) is 32.8 Å². The lowest BCUT2D eigenvalue weighted by atomic mass is 10.2. The highest BCUT2D eigenvalue weighted by Crippen LogP contribution is 2.17. The third-order valence-electron chi connectivity index (χ3n) is 3.90. The number of thioether (sulfide) groups is 1. The van der Waals surface area contributed by atoms with E-state index in [0.717, 1.165) is 49.5 Å². The maximum atomic E-state index is 5.37. The molecular formula is C17H22N4OS. The van der Waals surface area contributed by atoms with Gasteiger partial charge in [0, 0.05) is 38.9 Å². The second-order valence-electron chi connectivity index (χ2n) is 5.67. The quantitative estimate of drug-likeness (QED) is 0.620. The van der Waals surface area contributed by atoms with Crippen molar-refractivity contribution in [2.45, 2.75) is 12.1 Å². The summed E-state index contributed by atoms with van der Waals surface area (Å²) in [6.45, 7) is 7.22. The number of rotatable bonds is 5. The number of piperazine rings is 1. The molecule has 0 bridgehead atoms. The van der Waals surface area contributed by atoms with Gasteiger partial charge in [-0.05, 0) is 37.5 Å². The van der Waals surface area contributed by atoms with Crippen molar-refractivity contribution in [2.75, 3.05) is 43.9 Å². The molecule has 0 unspecified atom stereocenters. The minimum Gasteiger partial charge on any atom is -0.465 e. The highest BCUT2D eigenvalue weighted by molar-refractivity contribution is 7.98. The largest absolute Gasteiger partial charge is 0.465 e. The molecule has 23 heavy (non-hydrogen) atoms. The van der Waals surface area contributed by atoms with Crippen molar-refractivity contribution in [3.8, 4) is 0 Å². The fourth-order valence-corrected chi connectivity index (χ4v) is 3.11. The monoisotopic (exact) mass is 330 g/mol. The zero-order valence-corrected chi connectivity index (χ0v) is 14.4. The molecule has 0 atom stereocenters. The first-order valence-corrected chi connectivity index (χ1v) is 9.02. The van der Waals surface area contributed by atoms with Crippen molar-refractivity contribution in [3.05, 3.63) is 42.0 Å². The lowest BCUT2D eigenvalue weighted by Gasteiger charge is -2.35. The second kappa shape index (κ2) is 7.66. The molecule has 0 N–H and O–H groups in total. The molecule has 3 rings (SSSR count). The molecule has 0 aromatic carbocycles. The standard InChI is InChI=1S/C17H22N4OS/c1-14(12-15-4-3-11-22-15)13-20-7-9-21(10-8-20)16-5-6-18-17(19-16)23-2/h3-6,11-12H,7-10,13H2,1-2H3/b14-12+. The van der Waals surface area contributed by atoms with Crippen molar-refractivity contribution in [1.29, 1.82) is 0 Å². The molecule has 0 saturated carbocycles. The van der Waals surface area contributed by atoms with Crippen LogP contribution in [0.25, 0.3) is 6.08 Å². The molecule has 0 aliphatic carbocycles. The second-order valence-corrected chi connectivity index (χ2v) is 6.44. The lowest BCUT2D eigenvalue weighted by molar-refractivity contribution is 0.278. The molecule has 1 aliphatic rings. The summed E-state index contributed by atoms with van der Waals surface area (Å²) in [5.74, 6) is 1.96. The zero-order valence-electron chi connectivity index (χ0n) is 13.6. The maximum absolute atomic E-state index is 5.37. The fraction of sp³-hybridized carbons (Fsp3) is 0.412. The van der Waals surface area contributed by atoms with Gasteiger partial charge in [0.25, 0.3) is 0 Å². The Morgan fingerprint density at radius 1 is 1.30 bits per heavy atom. The molecule has 1 saturated heterocycles. The van der Waals surface area contributed by atoms with Gasteiger partial charge in [-0.25, -0.2) is 9.97 Å². The normalized spacial score (nSPS) is 16.8. The van der Waals surface area contributed by atoms with Gasteiger partial charge in [0.15, 0.2) is 5.16 Å². The van der Waals surface area contributed by atoms with Gasteiger partial charge in [-0.3, -0.25) is 4.90 Å². The number of anilines is 1. The van der Waals surface area contributed by atoms with Crippen LogP contribution in [0.4, 0.5) is 5.82 Å². The number of nitrogens with zero attached hydrogens (tertiary/aromatic N) is 4. The Kier molecular flexibility index (Phi) is 5.35. The zero-order chi connectivity index (χ0) is 16.1. The van der Waals surface area contributed by atoms with Gasteiger partial charge in [0.05, 0.1) is 6.26 Å². The molecule has 6 heteroatoms. The first kappa shape index (κ1) is 16.1. The Morgan fingerprint density at radius 2 is 2.13 bits per heavy atom.